The summed E-state index contributed by atoms with van der Waals surface area (Å²) in [5, 5.41) is 13.1. The molecule has 2 saturated heterocycles. The molecular weight excluding hydrogens is 342 g/mol. The van der Waals surface area contributed by atoms with E-state index in [0.717, 1.165) is 18.4 Å². The number of rotatable bonds is 4. The fourth-order valence-electron chi connectivity index (χ4n) is 5.33. The monoisotopic (exact) mass is 371 g/mol. The summed E-state index contributed by atoms with van der Waals surface area (Å²) < 4.78 is 0. The van der Waals surface area contributed by atoms with Crippen LogP contribution in [-0.4, -0.2) is 64.2 Å². The molecule has 0 bridgehead atoms. The number of carbonyl (C=O) groups excluding carboxylic acids is 2. The zero-order valence-corrected chi connectivity index (χ0v) is 15.9. The molecule has 0 unspecified atom stereocenters. The highest BCUT2D eigenvalue weighted by Crippen LogP contribution is 2.54. The third kappa shape index (κ3) is 2.90. The Hall–Kier alpha value is -2.08. The first kappa shape index (κ1) is 18.3. The summed E-state index contributed by atoms with van der Waals surface area (Å²) in [6, 6.07) is 10.1. The summed E-state index contributed by atoms with van der Waals surface area (Å²) >= 11 is 0. The molecule has 3 amide bonds. The van der Waals surface area contributed by atoms with Crippen LogP contribution >= 0.6 is 0 Å². The van der Waals surface area contributed by atoms with Crippen molar-refractivity contribution in [1.82, 2.24) is 15.1 Å². The molecular formula is C21H29N3O3. The molecule has 6 nitrogen and oxygen atoms in total. The third-order valence-corrected chi connectivity index (χ3v) is 6.59. The first-order valence-electron chi connectivity index (χ1n) is 10.1. The van der Waals surface area contributed by atoms with Crippen LogP contribution in [0.15, 0.2) is 30.3 Å². The van der Waals surface area contributed by atoms with Gasteiger partial charge in [0.2, 0.25) is 5.91 Å². The molecule has 0 radical (unpaired) electrons. The number of likely N-dealkylation sites (tertiary alicyclic amines) is 2. The molecule has 2 heterocycles. The molecule has 3 aliphatic rings. The molecule has 2 N–H and O–H groups in total. The number of hydrogen-bond donors (Lipinski definition) is 2. The van der Waals surface area contributed by atoms with Crippen LogP contribution in [0.5, 0.6) is 0 Å². The first-order valence-corrected chi connectivity index (χ1v) is 10.1. The van der Waals surface area contributed by atoms with E-state index in [9.17, 15) is 14.7 Å². The number of benzene rings is 1. The lowest BCUT2D eigenvalue weighted by Gasteiger charge is -2.70. The molecule has 4 rings (SSSR count). The Morgan fingerprint density at radius 1 is 1.19 bits per heavy atom. The largest absolute Gasteiger partial charge is 0.394 e. The van der Waals surface area contributed by atoms with Crippen molar-refractivity contribution in [3.8, 4) is 0 Å². The second kappa shape index (κ2) is 7.15. The normalized spacial score (nSPS) is 26.6. The Labute approximate surface area is 160 Å². The fourth-order valence-corrected chi connectivity index (χ4v) is 5.33. The fraction of sp³-hybridized carbons (Fsp3) is 0.619. The van der Waals surface area contributed by atoms with Gasteiger partial charge in [0.05, 0.1) is 18.2 Å². The molecule has 1 aliphatic carbocycles. The van der Waals surface area contributed by atoms with Gasteiger partial charge in [-0.1, -0.05) is 50.1 Å². The van der Waals surface area contributed by atoms with E-state index in [2.05, 4.69) is 17.4 Å². The van der Waals surface area contributed by atoms with Crippen molar-refractivity contribution < 1.29 is 14.7 Å². The lowest BCUT2D eigenvalue weighted by molar-refractivity contribution is -0.192. The molecule has 1 aromatic carbocycles. The number of nitrogens with zero attached hydrogens (tertiary/aromatic N) is 2. The average molecular weight is 371 g/mol. The van der Waals surface area contributed by atoms with Gasteiger partial charge in [0, 0.05) is 31.5 Å². The first-order chi connectivity index (χ1) is 13.1. The van der Waals surface area contributed by atoms with Crippen molar-refractivity contribution in [2.45, 2.75) is 62.6 Å². The smallest absolute Gasteiger partial charge is 0.317 e. The molecule has 27 heavy (non-hydrogen) atoms. The Balaban J connectivity index is 1.52. The number of amides is 3. The Kier molecular flexibility index (Phi) is 4.84. The van der Waals surface area contributed by atoms with E-state index < -0.39 is 0 Å². The number of urea groups is 1. The topological polar surface area (TPSA) is 72.9 Å². The number of hydrogen-bond acceptors (Lipinski definition) is 3. The van der Waals surface area contributed by atoms with E-state index in [1.807, 2.05) is 34.9 Å². The van der Waals surface area contributed by atoms with Crippen molar-refractivity contribution in [3.05, 3.63) is 35.9 Å². The Bertz CT molecular complexity index is 696. The molecule has 146 valence electrons. The minimum absolute atomic E-state index is 0.0179. The van der Waals surface area contributed by atoms with Gasteiger partial charge in [0.25, 0.3) is 0 Å². The minimum atomic E-state index is -0.380. The van der Waals surface area contributed by atoms with Gasteiger partial charge in [-0.15, -0.1) is 0 Å². The summed E-state index contributed by atoms with van der Waals surface area (Å²) in [6.45, 7) is 2.87. The van der Waals surface area contributed by atoms with Crippen molar-refractivity contribution in [2.24, 2.45) is 0 Å². The van der Waals surface area contributed by atoms with E-state index in [1.54, 1.807) is 0 Å². The summed E-state index contributed by atoms with van der Waals surface area (Å²) in [4.78, 5) is 28.9. The molecule has 0 aromatic heterocycles. The Morgan fingerprint density at radius 2 is 1.85 bits per heavy atom. The molecule has 2 aliphatic heterocycles. The van der Waals surface area contributed by atoms with Crippen LogP contribution in [0.25, 0.3) is 0 Å². The van der Waals surface area contributed by atoms with E-state index in [4.69, 9.17) is 0 Å². The van der Waals surface area contributed by atoms with Crippen LogP contribution < -0.4 is 5.32 Å². The minimum Gasteiger partial charge on any atom is -0.394 e. The maximum absolute atomic E-state index is 12.6. The third-order valence-electron chi connectivity index (χ3n) is 6.59. The maximum Gasteiger partial charge on any atom is 0.317 e. The Morgan fingerprint density at radius 3 is 2.44 bits per heavy atom. The predicted molar refractivity (Wildman–Crippen MR) is 102 cm³/mol. The summed E-state index contributed by atoms with van der Waals surface area (Å²) in [7, 11) is 0. The van der Waals surface area contributed by atoms with E-state index in [0.29, 0.717) is 25.6 Å². The second-order valence-electron chi connectivity index (χ2n) is 8.15. The lowest BCUT2D eigenvalue weighted by atomic mass is 9.60. The van der Waals surface area contributed by atoms with Crippen molar-refractivity contribution in [1.29, 1.82) is 0 Å². The van der Waals surface area contributed by atoms with Gasteiger partial charge in [-0.25, -0.2) is 4.79 Å². The maximum atomic E-state index is 12.6. The van der Waals surface area contributed by atoms with Crippen LogP contribution in [0.4, 0.5) is 4.79 Å². The van der Waals surface area contributed by atoms with Crippen LogP contribution in [0.1, 0.15) is 50.5 Å². The highest BCUT2D eigenvalue weighted by Gasteiger charge is 2.67. The molecule has 6 heteroatoms. The SMILES string of the molecule is CCC(=O)N1[C@H](CO)[C@@H](c2ccccc2)C12CN(C(=O)NC1CCCC1)C2. The highest BCUT2D eigenvalue weighted by atomic mass is 16.3. The molecule has 1 saturated carbocycles. The highest BCUT2D eigenvalue weighted by molar-refractivity contribution is 5.82. The van der Waals surface area contributed by atoms with Crippen molar-refractivity contribution in [3.63, 3.8) is 0 Å². The summed E-state index contributed by atoms with van der Waals surface area (Å²) in [6.07, 6.45) is 4.90. The van der Waals surface area contributed by atoms with Gasteiger partial charge in [0.1, 0.15) is 0 Å². The molecule has 2 atom stereocenters. The number of aliphatic hydroxyl groups excluding tert-OH is 1. The number of carbonyl (C=O) groups is 2. The molecule has 1 spiro atoms. The summed E-state index contributed by atoms with van der Waals surface area (Å²) in [5.41, 5.74) is 0.752. The molecule has 1 aromatic rings. The van der Waals surface area contributed by atoms with Crippen LogP contribution in [0.2, 0.25) is 0 Å². The zero-order chi connectivity index (χ0) is 19.0. The van der Waals surface area contributed by atoms with Gasteiger partial charge < -0.3 is 20.2 Å². The van der Waals surface area contributed by atoms with Gasteiger partial charge in [0.15, 0.2) is 0 Å². The van der Waals surface area contributed by atoms with Gasteiger partial charge >= 0.3 is 6.03 Å². The van der Waals surface area contributed by atoms with E-state index in [1.165, 1.54) is 12.8 Å². The van der Waals surface area contributed by atoms with Gasteiger partial charge in [-0.05, 0) is 18.4 Å². The van der Waals surface area contributed by atoms with Gasteiger partial charge in [-0.2, -0.15) is 0 Å². The molecule has 3 fully saturated rings. The quantitative estimate of drug-likeness (QED) is 0.851. The summed E-state index contributed by atoms with van der Waals surface area (Å²) in [5.74, 6) is 0.117. The van der Waals surface area contributed by atoms with Crippen molar-refractivity contribution in [2.75, 3.05) is 19.7 Å². The van der Waals surface area contributed by atoms with Crippen LogP contribution in [0.3, 0.4) is 0 Å². The predicted octanol–water partition coefficient (Wildman–Crippen LogP) is 2.09. The number of aliphatic hydroxyl groups is 1. The van der Waals surface area contributed by atoms with E-state index in [-0.39, 0.29) is 36.0 Å². The van der Waals surface area contributed by atoms with Crippen LogP contribution in [-0.2, 0) is 4.79 Å². The van der Waals surface area contributed by atoms with Crippen molar-refractivity contribution >= 4 is 11.9 Å². The standard InChI is InChI=1S/C21H29N3O3/c1-2-18(26)24-17(12-25)19(15-8-4-3-5-9-15)21(24)13-23(14-21)20(27)22-16-10-6-7-11-16/h3-5,8-9,16-17,19,25H,2,6-7,10-14H2,1H3,(H,22,27)/t17-,19-/m1/s1. The zero-order valence-electron chi connectivity index (χ0n) is 15.9. The van der Waals surface area contributed by atoms with Crippen LogP contribution in [0, 0.1) is 0 Å². The average Bonchev–Trinajstić information content (AvgIpc) is 3.13. The van der Waals surface area contributed by atoms with E-state index >= 15 is 0 Å². The van der Waals surface area contributed by atoms with Gasteiger partial charge in [-0.3, -0.25) is 4.79 Å². The second-order valence-corrected chi connectivity index (χ2v) is 8.15. The lowest BCUT2D eigenvalue weighted by Crippen LogP contribution is -2.86. The number of nitrogens with one attached hydrogen (secondary N) is 1.